The van der Waals surface area contributed by atoms with Gasteiger partial charge in [0, 0.05) is 31.0 Å². The van der Waals surface area contributed by atoms with Gasteiger partial charge in [0.2, 0.25) is 5.91 Å². The van der Waals surface area contributed by atoms with Gasteiger partial charge in [-0.05, 0) is 49.2 Å². The lowest BCUT2D eigenvalue weighted by atomic mass is 9.79. The number of aromatic amines is 1. The van der Waals surface area contributed by atoms with Crippen molar-refractivity contribution in [2.75, 3.05) is 25.1 Å². The van der Waals surface area contributed by atoms with Gasteiger partial charge in [0.05, 0.1) is 16.4 Å². The molecule has 1 aliphatic heterocycles. The number of carbonyl (C=O) groups is 1. The van der Waals surface area contributed by atoms with Crippen molar-refractivity contribution in [3.05, 3.63) is 48.5 Å². The quantitative estimate of drug-likeness (QED) is 0.674. The Bertz CT molecular complexity index is 878. The summed E-state index contributed by atoms with van der Waals surface area (Å²) in [5.74, 6) is 0.784. The van der Waals surface area contributed by atoms with Crippen molar-refractivity contribution in [2.24, 2.45) is 11.1 Å². The van der Waals surface area contributed by atoms with Gasteiger partial charge in [-0.2, -0.15) is 0 Å². The second-order valence-corrected chi connectivity index (χ2v) is 6.73. The standard InChI is InChI=1S/C20H22N4O2/c21-13-20(9-11-26-12-10-20)19(25)22-15-7-5-14(6-8-15)18-23-16-3-1-2-4-17(16)24-18/h1-8H,9-13,21H2,(H,22,25)(H,23,24). The summed E-state index contributed by atoms with van der Waals surface area (Å²) in [7, 11) is 0. The predicted molar refractivity (Wildman–Crippen MR) is 102 cm³/mol. The first-order valence-electron chi connectivity index (χ1n) is 8.85. The van der Waals surface area contributed by atoms with E-state index in [1.54, 1.807) is 0 Å². The molecule has 6 heteroatoms. The average Bonchev–Trinajstić information content (AvgIpc) is 3.13. The van der Waals surface area contributed by atoms with E-state index in [0.29, 0.717) is 32.6 Å². The number of nitrogens with two attached hydrogens (primary N) is 1. The summed E-state index contributed by atoms with van der Waals surface area (Å²) < 4.78 is 5.37. The van der Waals surface area contributed by atoms with Crippen LogP contribution < -0.4 is 11.1 Å². The summed E-state index contributed by atoms with van der Waals surface area (Å²) in [6.07, 6.45) is 1.32. The van der Waals surface area contributed by atoms with Crippen LogP contribution in [-0.4, -0.2) is 35.6 Å². The first-order valence-corrected chi connectivity index (χ1v) is 8.85. The number of rotatable bonds is 4. The second kappa shape index (κ2) is 6.90. The number of nitrogens with zero attached hydrogens (tertiary/aromatic N) is 1. The number of benzene rings is 2. The smallest absolute Gasteiger partial charge is 0.232 e. The highest BCUT2D eigenvalue weighted by Crippen LogP contribution is 2.31. The lowest BCUT2D eigenvalue weighted by Gasteiger charge is -2.34. The number of carbonyl (C=O) groups excluding carboxylic acids is 1. The molecule has 1 aromatic heterocycles. The summed E-state index contributed by atoms with van der Waals surface area (Å²) in [4.78, 5) is 20.6. The van der Waals surface area contributed by atoms with Crippen LogP contribution in [0.25, 0.3) is 22.4 Å². The van der Waals surface area contributed by atoms with Crippen LogP contribution in [0.1, 0.15) is 12.8 Å². The van der Waals surface area contributed by atoms with Crippen molar-refractivity contribution < 1.29 is 9.53 Å². The van der Waals surface area contributed by atoms with E-state index in [2.05, 4.69) is 15.3 Å². The molecule has 4 N–H and O–H groups in total. The minimum absolute atomic E-state index is 0.0280. The molecule has 0 spiro atoms. The molecule has 1 fully saturated rings. The molecule has 3 aromatic rings. The Kier molecular flexibility index (Phi) is 4.44. The first kappa shape index (κ1) is 16.8. The van der Waals surface area contributed by atoms with Crippen LogP contribution >= 0.6 is 0 Å². The van der Waals surface area contributed by atoms with Gasteiger partial charge in [-0.25, -0.2) is 4.98 Å². The van der Waals surface area contributed by atoms with Gasteiger partial charge in [0.1, 0.15) is 5.82 Å². The van der Waals surface area contributed by atoms with E-state index in [9.17, 15) is 4.79 Å². The maximum absolute atomic E-state index is 12.7. The van der Waals surface area contributed by atoms with E-state index in [-0.39, 0.29) is 5.91 Å². The third-order valence-electron chi connectivity index (χ3n) is 5.13. The maximum atomic E-state index is 12.7. The molecular formula is C20H22N4O2. The van der Waals surface area contributed by atoms with Crippen LogP contribution in [0.3, 0.4) is 0 Å². The third-order valence-corrected chi connectivity index (χ3v) is 5.13. The number of hydrogen-bond donors (Lipinski definition) is 3. The number of fused-ring (bicyclic) bond motifs is 1. The van der Waals surface area contributed by atoms with Crippen LogP contribution in [0.15, 0.2) is 48.5 Å². The molecule has 26 heavy (non-hydrogen) atoms. The van der Waals surface area contributed by atoms with Crippen molar-refractivity contribution in [2.45, 2.75) is 12.8 Å². The van der Waals surface area contributed by atoms with E-state index < -0.39 is 5.41 Å². The minimum atomic E-state index is -0.532. The van der Waals surface area contributed by atoms with E-state index in [1.165, 1.54) is 0 Å². The summed E-state index contributed by atoms with van der Waals surface area (Å²) in [5, 5.41) is 3.00. The fourth-order valence-electron chi connectivity index (χ4n) is 3.35. The summed E-state index contributed by atoms with van der Waals surface area (Å²) in [6.45, 7) is 1.49. The van der Waals surface area contributed by atoms with Crippen molar-refractivity contribution in [1.29, 1.82) is 0 Å². The fraction of sp³-hybridized carbons (Fsp3) is 0.300. The molecule has 6 nitrogen and oxygen atoms in total. The molecule has 0 radical (unpaired) electrons. The van der Waals surface area contributed by atoms with E-state index in [4.69, 9.17) is 10.5 Å². The number of hydrogen-bond acceptors (Lipinski definition) is 4. The number of imidazole rings is 1. The lowest BCUT2D eigenvalue weighted by molar-refractivity contribution is -0.130. The van der Waals surface area contributed by atoms with E-state index >= 15 is 0 Å². The van der Waals surface area contributed by atoms with Crippen LogP contribution in [0.2, 0.25) is 0 Å². The van der Waals surface area contributed by atoms with Gasteiger partial charge < -0.3 is 20.8 Å². The van der Waals surface area contributed by atoms with Crippen molar-refractivity contribution in [3.8, 4) is 11.4 Å². The highest BCUT2D eigenvalue weighted by Gasteiger charge is 2.38. The normalized spacial score (nSPS) is 16.5. The number of aromatic nitrogens is 2. The fourth-order valence-corrected chi connectivity index (χ4v) is 3.35. The highest BCUT2D eigenvalue weighted by atomic mass is 16.5. The van der Waals surface area contributed by atoms with Gasteiger partial charge in [0.25, 0.3) is 0 Å². The topological polar surface area (TPSA) is 93.0 Å². The monoisotopic (exact) mass is 350 g/mol. The van der Waals surface area contributed by atoms with Gasteiger partial charge in [-0.1, -0.05) is 12.1 Å². The van der Waals surface area contributed by atoms with Crippen molar-refractivity contribution in [1.82, 2.24) is 9.97 Å². The molecule has 1 amide bonds. The molecule has 0 unspecified atom stereocenters. The minimum Gasteiger partial charge on any atom is -0.381 e. The largest absolute Gasteiger partial charge is 0.381 e. The molecule has 1 aliphatic rings. The summed E-state index contributed by atoms with van der Waals surface area (Å²) in [6, 6.07) is 15.6. The Morgan fingerprint density at radius 3 is 2.58 bits per heavy atom. The molecular weight excluding hydrogens is 328 g/mol. The van der Waals surface area contributed by atoms with Crippen LogP contribution in [0.5, 0.6) is 0 Å². The van der Waals surface area contributed by atoms with Crippen LogP contribution in [0.4, 0.5) is 5.69 Å². The number of anilines is 1. The van der Waals surface area contributed by atoms with Crippen LogP contribution in [0, 0.1) is 5.41 Å². The van der Waals surface area contributed by atoms with E-state index in [1.807, 2.05) is 48.5 Å². The number of ether oxygens (including phenoxy) is 1. The Hall–Kier alpha value is -2.70. The number of nitrogens with one attached hydrogen (secondary N) is 2. The summed E-state index contributed by atoms with van der Waals surface area (Å²) in [5.41, 5.74) is 9.04. The molecule has 1 saturated heterocycles. The third kappa shape index (κ3) is 3.09. The molecule has 0 aliphatic carbocycles. The van der Waals surface area contributed by atoms with Gasteiger partial charge in [-0.3, -0.25) is 4.79 Å². The molecule has 2 heterocycles. The lowest BCUT2D eigenvalue weighted by Crippen LogP contribution is -2.46. The summed E-state index contributed by atoms with van der Waals surface area (Å²) >= 11 is 0. The molecule has 4 rings (SSSR count). The van der Waals surface area contributed by atoms with Crippen molar-refractivity contribution >= 4 is 22.6 Å². The molecule has 2 aromatic carbocycles. The number of H-pyrrole nitrogens is 1. The van der Waals surface area contributed by atoms with Crippen molar-refractivity contribution in [3.63, 3.8) is 0 Å². The first-order chi connectivity index (χ1) is 12.7. The average molecular weight is 350 g/mol. The van der Waals surface area contributed by atoms with Gasteiger partial charge in [-0.15, -0.1) is 0 Å². The predicted octanol–water partition coefficient (Wildman–Crippen LogP) is 2.92. The SMILES string of the molecule is NCC1(C(=O)Nc2ccc(-c3nc4ccccc4[nH]3)cc2)CCOCC1. The molecule has 0 saturated carbocycles. The molecule has 134 valence electrons. The Morgan fingerprint density at radius 2 is 1.88 bits per heavy atom. The zero-order valence-electron chi connectivity index (χ0n) is 14.5. The Balaban J connectivity index is 1.51. The Labute approximate surface area is 151 Å². The number of para-hydroxylation sites is 2. The zero-order valence-corrected chi connectivity index (χ0v) is 14.5. The highest BCUT2D eigenvalue weighted by molar-refractivity contribution is 5.95. The molecule has 0 bridgehead atoms. The second-order valence-electron chi connectivity index (χ2n) is 6.73. The van der Waals surface area contributed by atoms with Gasteiger partial charge >= 0.3 is 0 Å². The van der Waals surface area contributed by atoms with Crippen LogP contribution in [-0.2, 0) is 9.53 Å². The van der Waals surface area contributed by atoms with E-state index in [0.717, 1.165) is 28.1 Å². The zero-order chi connectivity index (χ0) is 18.0. The van der Waals surface area contributed by atoms with Gasteiger partial charge in [0.15, 0.2) is 0 Å². The number of amides is 1. The maximum Gasteiger partial charge on any atom is 0.232 e. The molecule has 0 atom stereocenters. The Morgan fingerprint density at radius 1 is 1.15 bits per heavy atom.